The van der Waals surface area contributed by atoms with Gasteiger partial charge in [0.25, 0.3) is 0 Å². The minimum absolute atomic E-state index is 0.143. The zero-order valence-electron chi connectivity index (χ0n) is 11.3. The summed E-state index contributed by atoms with van der Waals surface area (Å²) >= 11 is 0. The molecule has 4 nitrogen and oxygen atoms in total. The zero-order valence-corrected chi connectivity index (χ0v) is 11.3. The molecule has 0 saturated carbocycles. The number of ether oxygens (including phenoxy) is 1. The molecule has 0 aliphatic carbocycles. The highest BCUT2D eigenvalue weighted by Gasteiger charge is 2.42. The van der Waals surface area contributed by atoms with Gasteiger partial charge in [0.1, 0.15) is 6.04 Å². The van der Waals surface area contributed by atoms with E-state index in [0.29, 0.717) is 12.8 Å². The molecule has 0 spiro atoms. The van der Waals surface area contributed by atoms with E-state index in [-0.39, 0.29) is 6.61 Å². The van der Waals surface area contributed by atoms with E-state index in [2.05, 4.69) is 0 Å². The van der Waals surface area contributed by atoms with Gasteiger partial charge in [-0.05, 0) is 12.3 Å². The van der Waals surface area contributed by atoms with Crippen molar-refractivity contribution < 1.29 is 27.5 Å². The van der Waals surface area contributed by atoms with E-state index in [9.17, 15) is 22.8 Å². The van der Waals surface area contributed by atoms with Crippen LogP contribution in [0.5, 0.6) is 0 Å². The Labute approximate surface area is 110 Å². The van der Waals surface area contributed by atoms with Crippen LogP contribution in [-0.4, -0.2) is 30.7 Å². The van der Waals surface area contributed by atoms with E-state index in [1.54, 1.807) is 19.2 Å². The maximum atomic E-state index is 12.2. The first-order chi connectivity index (χ1) is 8.73. The second-order valence-corrected chi connectivity index (χ2v) is 4.36. The summed E-state index contributed by atoms with van der Waals surface area (Å²) in [6, 6.07) is -1.27. The number of hydrogen-bond acceptors (Lipinski definition) is 3. The Morgan fingerprint density at radius 3 is 2.26 bits per heavy atom. The second kappa shape index (κ2) is 8.01. The highest BCUT2D eigenvalue weighted by molar-refractivity contribution is 5.87. The fourth-order valence-electron chi connectivity index (χ4n) is 1.30. The number of halogens is 3. The fourth-order valence-corrected chi connectivity index (χ4v) is 1.30. The molecule has 0 aromatic heterocycles. The summed E-state index contributed by atoms with van der Waals surface area (Å²) in [5, 5.41) is 1.70. The standard InChI is InChI=1S/C12H20F3NO3/c1-4-6-7-19-10(17)9(8(3)5-2)16-11(18)12(13,14)15/h8-9H,4-7H2,1-3H3,(H,16,18)/t8-,9-/m0/s1. The Morgan fingerprint density at radius 2 is 1.84 bits per heavy atom. The molecule has 0 radical (unpaired) electrons. The van der Waals surface area contributed by atoms with Gasteiger partial charge < -0.3 is 10.1 Å². The molecule has 19 heavy (non-hydrogen) atoms. The van der Waals surface area contributed by atoms with E-state index in [4.69, 9.17) is 4.74 Å². The smallest absolute Gasteiger partial charge is 0.464 e. The van der Waals surface area contributed by atoms with E-state index in [0.717, 1.165) is 6.42 Å². The molecule has 0 unspecified atom stereocenters. The molecule has 0 aliphatic heterocycles. The lowest BCUT2D eigenvalue weighted by molar-refractivity contribution is -0.176. The van der Waals surface area contributed by atoms with Crippen molar-refractivity contribution in [3.63, 3.8) is 0 Å². The van der Waals surface area contributed by atoms with Gasteiger partial charge in [-0.15, -0.1) is 0 Å². The number of amides is 1. The Kier molecular flexibility index (Phi) is 7.48. The van der Waals surface area contributed by atoms with E-state index >= 15 is 0 Å². The minimum atomic E-state index is -5.00. The number of rotatable bonds is 7. The molecule has 0 rings (SSSR count). The van der Waals surface area contributed by atoms with Crippen molar-refractivity contribution in [2.75, 3.05) is 6.61 Å². The average molecular weight is 283 g/mol. The van der Waals surface area contributed by atoms with Crippen LogP contribution in [-0.2, 0) is 14.3 Å². The molecule has 7 heteroatoms. The van der Waals surface area contributed by atoms with Gasteiger partial charge in [0, 0.05) is 0 Å². The van der Waals surface area contributed by atoms with Crippen LogP contribution in [0.4, 0.5) is 13.2 Å². The van der Waals surface area contributed by atoms with Crippen molar-refractivity contribution in [1.82, 2.24) is 5.32 Å². The summed E-state index contributed by atoms with van der Waals surface area (Å²) in [4.78, 5) is 22.6. The Balaban J connectivity index is 4.64. The van der Waals surface area contributed by atoms with Crippen LogP contribution in [0.2, 0.25) is 0 Å². The lowest BCUT2D eigenvalue weighted by atomic mass is 9.99. The Hall–Kier alpha value is -1.27. The summed E-state index contributed by atoms with van der Waals surface area (Å²) in [5.41, 5.74) is 0. The third-order valence-electron chi connectivity index (χ3n) is 2.75. The number of esters is 1. The van der Waals surface area contributed by atoms with Crippen molar-refractivity contribution in [3.8, 4) is 0 Å². The maximum Gasteiger partial charge on any atom is 0.471 e. The quantitative estimate of drug-likeness (QED) is 0.576. The number of carbonyl (C=O) groups excluding carboxylic acids is 2. The lowest BCUT2D eigenvalue weighted by Crippen LogP contribution is -2.50. The lowest BCUT2D eigenvalue weighted by Gasteiger charge is -2.23. The predicted molar refractivity (Wildman–Crippen MR) is 63.3 cm³/mol. The van der Waals surface area contributed by atoms with Gasteiger partial charge >= 0.3 is 18.1 Å². The van der Waals surface area contributed by atoms with Crippen molar-refractivity contribution in [2.24, 2.45) is 5.92 Å². The van der Waals surface area contributed by atoms with Crippen LogP contribution in [0.1, 0.15) is 40.0 Å². The van der Waals surface area contributed by atoms with Gasteiger partial charge in [-0.3, -0.25) is 4.79 Å². The third-order valence-corrected chi connectivity index (χ3v) is 2.75. The molecule has 112 valence electrons. The number of carbonyl (C=O) groups is 2. The molecule has 1 N–H and O–H groups in total. The molecular formula is C12H20F3NO3. The van der Waals surface area contributed by atoms with Gasteiger partial charge in [0.15, 0.2) is 0 Å². The van der Waals surface area contributed by atoms with Crippen molar-refractivity contribution in [2.45, 2.75) is 52.3 Å². The molecule has 0 fully saturated rings. The first-order valence-electron chi connectivity index (χ1n) is 6.28. The molecule has 0 aromatic rings. The normalized spacial score (nSPS) is 14.6. The first kappa shape index (κ1) is 17.7. The highest BCUT2D eigenvalue weighted by Crippen LogP contribution is 2.17. The van der Waals surface area contributed by atoms with Crippen molar-refractivity contribution in [3.05, 3.63) is 0 Å². The largest absolute Gasteiger partial charge is 0.471 e. The monoisotopic (exact) mass is 283 g/mol. The molecule has 0 aliphatic rings. The number of unbranched alkanes of at least 4 members (excludes halogenated alkanes) is 1. The maximum absolute atomic E-state index is 12.2. The number of nitrogens with one attached hydrogen (secondary N) is 1. The minimum Gasteiger partial charge on any atom is -0.464 e. The van der Waals surface area contributed by atoms with Crippen molar-refractivity contribution >= 4 is 11.9 Å². The number of alkyl halides is 3. The summed E-state index contributed by atoms with van der Waals surface area (Å²) < 4.78 is 41.4. The Morgan fingerprint density at radius 1 is 1.26 bits per heavy atom. The fraction of sp³-hybridized carbons (Fsp3) is 0.833. The summed E-state index contributed by atoms with van der Waals surface area (Å²) in [6.07, 6.45) is -3.12. The van der Waals surface area contributed by atoms with Gasteiger partial charge in [0.2, 0.25) is 0 Å². The van der Waals surface area contributed by atoms with Crippen LogP contribution < -0.4 is 5.32 Å². The van der Waals surface area contributed by atoms with Crippen molar-refractivity contribution in [1.29, 1.82) is 0 Å². The Bertz CT molecular complexity index is 305. The number of hydrogen-bond donors (Lipinski definition) is 1. The molecule has 0 bridgehead atoms. The average Bonchev–Trinajstić information content (AvgIpc) is 2.33. The SMILES string of the molecule is CCCCOC(=O)[C@@H](NC(=O)C(F)(F)F)[C@@H](C)CC. The van der Waals surface area contributed by atoms with E-state index in [1.165, 1.54) is 0 Å². The summed E-state index contributed by atoms with van der Waals surface area (Å²) in [6.45, 7) is 5.34. The molecule has 0 heterocycles. The van der Waals surface area contributed by atoms with Gasteiger partial charge in [-0.1, -0.05) is 33.6 Å². The van der Waals surface area contributed by atoms with Crippen LogP contribution in [0.15, 0.2) is 0 Å². The topological polar surface area (TPSA) is 55.4 Å². The third kappa shape index (κ3) is 6.45. The molecule has 0 aromatic carbocycles. The van der Waals surface area contributed by atoms with Crippen LogP contribution >= 0.6 is 0 Å². The molecule has 0 saturated heterocycles. The van der Waals surface area contributed by atoms with E-state index < -0.39 is 30.0 Å². The van der Waals surface area contributed by atoms with E-state index in [1.807, 2.05) is 6.92 Å². The second-order valence-electron chi connectivity index (χ2n) is 4.36. The first-order valence-corrected chi connectivity index (χ1v) is 6.28. The molecule has 1 amide bonds. The van der Waals surface area contributed by atoms with Gasteiger partial charge in [-0.25, -0.2) is 4.79 Å². The molecular weight excluding hydrogens is 263 g/mol. The highest BCUT2D eigenvalue weighted by atomic mass is 19.4. The van der Waals surface area contributed by atoms with Crippen LogP contribution in [0.3, 0.4) is 0 Å². The van der Waals surface area contributed by atoms with Gasteiger partial charge in [-0.2, -0.15) is 13.2 Å². The summed E-state index contributed by atoms with van der Waals surface area (Å²) in [7, 11) is 0. The zero-order chi connectivity index (χ0) is 15.1. The van der Waals surface area contributed by atoms with Crippen LogP contribution in [0.25, 0.3) is 0 Å². The van der Waals surface area contributed by atoms with Crippen LogP contribution in [0, 0.1) is 5.92 Å². The molecule has 2 atom stereocenters. The van der Waals surface area contributed by atoms with Gasteiger partial charge in [0.05, 0.1) is 6.61 Å². The summed E-state index contributed by atoms with van der Waals surface area (Å²) in [5.74, 6) is -3.37. The predicted octanol–water partition coefficient (Wildman–Crippen LogP) is 2.42.